The molecule has 1 N–H and O–H groups in total. The van der Waals surface area contributed by atoms with E-state index in [1.807, 2.05) is 24.0 Å². The zero-order valence-corrected chi connectivity index (χ0v) is 8.60. The van der Waals surface area contributed by atoms with Crippen LogP contribution in [0.2, 0.25) is 0 Å². The largest absolute Gasteiger partial charge is 0.495 e. The van der Waals surface area contributed by atoms with E-state index in [-0.39, 0.29) is 6.61 Å². The van der Waals surface area contributed by atoms with Crippen LogP contribution >= 0.6 is 0 Å². The monoisotopic (exact) mass is 196 g/mol. The molecule has 78 valence electrons. The fourth-order valence-electron chi connectivity index (χ4n) is 1.24. The second-order valence-electron chi connectivity index (χ2n) is 2.86. The molecule has 0 aromatic carbocycles. The van der Waals surface area contributed by atoms with Crippen molar-refractivity contribution < 1.29 is 9.84 Å². The quantitative estimate of drug-likeness (QED) is 0.760. The molecule has 14 heavy (non-hydrogen) atoms. The summed E-state index contributed by atoms with van der Waals surface area (Å²) in [5.74, 6) is 1.61. The summed E-state index contributed by atoms with van der Waals surface area (Å²) in [6, 6.07) is 3.75. The molecule has 0 saturated heterocycles. The zero-order valence-electron chi connectivity index (χ0n) is 8.60. The first-order valence-corrected chi connectivity index (χ1v) is 4.67. The molecule has 0 unspecified atom stereocenters. The van der Waals surface area contributed by atoms with Crippen LogP contribution in [0.15, 0.2) is 18.3 Å². The van der Waals surface area contributed by atoms with Gasteiger partial charge in [0.1, 0.15) is 11.6 Å². The number of pyridine rings is 1. The van der Waals surface area contributed by atoms with Gasteiger partial charge in [-0.05, 0) is 19.1 Å². The number of aromatic nitrogens is 1. The average Bonchev–Trinajstić information content (AvgIpc) is 2.26. The molecular weight excluding hydrogens is 180 g/mol. The molecule has 0 atom stereocenters. The predicted molar refractivity (Wildman–Crippen MR) is 55.8 cm³/mol. The first-order chi connectivity index (χ1) is 6.81. The van der Waals surface area contributed by atoms with Gasteiger partial charge >= 0.3 is 0 Å². The summed E-state index contributed by atoms with van der Waals surface area (Å²) < 4.78 is 5.01. The SMILES string of the molecule is CCN(CCO)c1ccc(OC)cn1. The van der Waals surface area contributed by atoms with Gasteiger partial charge in [-0.3, -0.25) is 0 Å². The van der Waals surface area contributed by atoms with Gasteiger partial charge < -0.3 is 14.7 Å². The number of hydrogen-bond donors (Lipinski definition) is 1. The molecule has 0 fully saturated rings. The number of anilines is 1. The molecule has 0 radical (unpaired) electrons. The molecule has 0 aliphatic rings. The molecule has 0 aliphatic heterocycles. The van der Waals surface area contributed by atoms with Gasteiger partial charge in [-0.2, -0.15) is 0 Å². The number of hydrogen-bond acceptors (Lipinski definition) is 4. The maximum atomic E-state index is 8.84. The fourth-order valence-corrected chi connectivity index (χ4v) is 1.24. The van der Waals surface area contributed by atoms with Gasteiger partial charge in [0.05, 0.1) is 19.9 Å². The topological polar surface area (TPSA) is 45.6 Å². The third kappa shape index (κ3) is 2.60. The third-order valence-electron chi connectivity index (χ3n) is 2.03. The van der Waals surface area contributed by atoms with Crippen LogP contribution < -0.4 is 9.64 Å². The van der Waals surface area contributed by atoms with E-state index >= 15 is 0 Å². The van der Waals surface area contributed by atoms with Crippen LogP contribution in [0.4, 0.5) is 5.82 Å². The lowest BCUT2D eigenvalue weighted by Crippen LogP contribution is -2.26. The van der Waals surface area contributed by atoms with Crippen LogP contribution in [-0.2, 0) is 0 Å². The summed E-state index contributed by atoms with van der Waals surface area (Å²) in [7, 11) is 1.61. The highest BCUT2D eigenvalue weighted by Crippen LogP contribution is 2.14. The Bertz CT molecular complexity index is 261. The molecule has 0 bridgehead atoms. The number of nitrogens with zero attached hydrogens (tertiary/aromatic N) is 2. The number of aliphatic hydroxyl groups is 1. The van der Waals surface area contributed by atoms with Crippen LogP contribution in [0, 0.1) is 0 Å². The van der Waals surface area contributed by atoms with Gasteiger partial charge in [0.25, 0.3) is 0 Å². The molecule has 4 heteroatoms. The zero-order chi connectivity index (χ0) is 10.4. The summed E-state index contributed by atoms with van der Waals surface area (Å²) in [5.41, 5.74) is 0. The summed E-state index contributed by atoms with van der Waals surface area (Å²) >= 11 is 0. The molecule has 0 aliphatic carbocycles. The third-order valence-corrected chi connectivity index (χ3v) is 2.03. The normalized spacial score (nSPS) is 9.93. The molecule has 0 spiro atoms. The van der Waals surface area contributed by atoms with E-state index in [2.05, 4.69) is 4.98 Å². The summed E-state index contributed by atoms with van der Waals surface area (Å²) in [6.45, 7) is 3.61. The van der Waals surface area contributed by atoms with Crippen molar-refractivity contribution in [2.45, 2.75) is 6.92 Å². The Morgan fingerprint density at radius 1 is 1.50 bits per heavy atom. The lowest BCUT2D eigenvalue weighted by atomic mass is 10.4. The van der Waals surface area contributed by atoms with E-state index in [1.165, 1.54) is 0 Å². The summed E-state index contributed by atoms with van der Waals surface area (Å²) in [5, 5.41) is 8.84. The van der Waals surface area contributed by atoms with Crippen LogP contribution in [-0.4, -0.2) is 36.9 Å². The molecule has 1 aromatic rings. The Labute approximate surface area is 84.1 Å². The lowest BCUT2D eigenvalue weighted by molar-refractivity contribution is 0.302. The Hall–Kier alpha value is -1.29. The van der Waals surface area contributed by atoms with Crippen molar-refractivity contribution >= 4 is 5.82 Å². The highest BCUT2D eigenvalue weighted by molar-refractivity contribution is 5.40. The van der Waals surface area contributed by atoms with E-state index in [9.17, 15) is 0 Å². The Balaban J connectivity index is 2.73. The second-order valence-corrected chi connectivity index (χ2v) is 2.86. The van der Waals surface area contributed by atoms with E-state index in [4.69, 9.17) is 9.84 Å². The number of methoxy groups -OCH3 is 1. The van der Waals surface area contributed by atoms with Crippen molar-refractivity contribution in [1.29, 1.82) is 0 Å². The molecule has 0 amide bonds. The van der Waals surface area contributed by atoms with E-state index < -0.39 is 0 Å². The summed E-state index contributed by atoms with van der Waals surface area (Å²) in [6.07, 6.45) is 1.68. The van der Waals surface area contributed by atoms with E-state index in [0.717, 1.165) is 18.1 Å². The first kappa shape index (κ1) is 10.8. The highest BCUT2D eigenvalue weighted by Gasteiger charge is 2.04. The van der Waals surface area contributed by atoms with Gasteiger partial charge in [0, 0.05) is 13.1 Å². The average molecular weight is 196 g/mol. The van der Waals surface area contributed by atoms with Crippen LogP contribution in [0.25, 0.3) is 0 Å². The molecular formula is C10H16N2O2. The van der Waals surface area contributed by atoms with Crippen LogP contribution in [0.5, 0.6) is 5.75 Å². The molecule has 1 heterocycles. The second kappa shape index (κ2) is 5.44. The molecule has 1 rings (SSSR count). The minimum absolute atomic E-state index is 0.140. The van der Waals surface area contributed by atoms with Crippen LogP contribution in [0.1, 0.15) is 6.92 Å². The van der Waals surface area contributed by atoms with E-state index in [0.29, 0.717) is 6.54 Å². The predicted octanol–water partition coefficient (Wildman–Crippen LogP) is 0.909. The minimum Gasteiger partial charge on any atom is -0.495 e. The van der Waals surface area contributed by atoms with Gasteiger partial charge in [0.2, 0.25) is 0 Å². The smallest absolute Gasteiger partial charge is 0.137 e. The van der Waals surface area contributed by atoms with Gasteiger partial charge in [-0.25, -0.2) is 4.98 Å². The molecule has 0 saturated carbocycles. The van der Waals surface area contributed by atoms with Gasteiger partial charge in [-0.15, -0.1) is 0 Å². The molecule has 1 aromatic heterocycles. The number of rotatable bonds is 5. The lowest BCUT2D eigenvalue weighted by Gasteiger charge is -2.20. The van der Waals surface area contributed by atoms with Crippen molar-refractivity contribution in [2.24, 2.45) is 0 Å². The van der Waals surface area contributed by atoms with Crippen molar-refractivity contribution in [3.8, 4) is 5.75 Å². The van der Waals surface area contributed by atoms with Crippen molar-refractivity contribution in [3.63, 3.8) is 0 Å². The van der Waals surface area contributed by atoms with Gasteiger partial charge in [0.15, 0.2) is 0 Å². The summed E-state index contributed by atoms with van der Waals surface area (Å²) in [4.78, 5) is 6.23. The van der Waals surface area contributed by atoms with Crippen molar-refractivity contribution in [1.82, 2.24) is 4.98 Å². The van der Waals surface area contributed by atoms with Crippen molar-refractivity contribution in [2.75, 3.05) is 31.7 Å². The minimum atomic E-state index is 0.140. The van der Waals surface area contributed by atoms with Gasteiger partial charge in [-0.1, -0.05) is 0 Å². The standard InChI is InChI=1S/C10H16N2O2/c1-3-12(6-7-13)10-5-4-9(14-2)8-11-10/h4-5,8,13H,3,6-7H2,1-2H3. The maximum absolute atomic E-state index is 8.84. The van der Waals surface area contributed by atoms with E-state index in [1.54, 1.807) is 13.3 Å². The van der Waals surface area contributed by atoms with Crippen molar-refractivity contribution in [3.05, 3.63) is 18.3 Å². The maximum Gasteiger partial charge on any atom is 0.137 e. The number of ether oxygens (including phenoxy) is 1. The fraction of sp³-hybridized carbons (Fsp3) is 0.500. The molecule has 4 nitrogen and oxygen atoms in total. The number of aliphatic hydroxyl groups excluding tert-OH is 1. The number of likely N-dealkylation sites (N-methyl/N-ethyl adjacent to an activating group) is 1. The first-order valence-electron chi connectivity index (χ1n) is 4.67. The Kier molecular flexibility index (Phi) is 4.19. The Morgan fingerprint density at radius 2 is 2.29 bits per heavy atom. The Morgan fingerprint density at radius 3 is 2.71 bits per heavy atom. The van der Waals surface area contributed by atoms with Crippen LogP contribution in [0.3, 0.4) is 0 Å². The highest BCUT2D eigenvalue weighted by atomic mass is 16.5.